The Labute approximate surface area is 144 Å². The lowest BCUT2D eigenvalue weighted by atomic mass is 9.92. The van der Waals surface area contributed by atoms with Gasteiger partial charge in [-0.05, 0) is 78.0 Å². The maximum Gasteiger partial charge on any atom is 0.339 e. The van der Waals surface area contributed by atoms with Crippen LogP contribution in [-0.2, 0) is 4.74 Å². The first kappa shape index (κ1) is 17.4. The third-order valence-electron chi connectivity index (χ3n) is 4.07. The summed E-state index contributed by atoms with van der Waals surface area (Å²) in [5, 5.41) is 0. The number of rotatable bonds is 4. The Morgan fingerprint density at radius 3 is 2.13 bits per heavy atom. The summed E-state index contributed by atoms with van der Waals surface area (Å²) >= 11 is 3.31. The van der Waals surface area contributed by atoms with E-state index in [1.165, 1.54) is 0 Å². The Kier molecular flexibility index (Phi) is 5.37. The Balaban J connectivity index is 2.18. The standard InChI is InChI=1S/C19H19BrO3/c1-11-9-12(2)14(4)18(13(11)3)17(21)10-23-19(22)15-7-5-6-8-16(15)20/h5-9H,10H2,1-4H3. The number of benzene rings is 2. The maximum atomic E-state index is 12.5. The molecular weight excluding hydrogens is 356 g/mol. The zero-order valence-corrected chi connectivity index (χ0v) is 15.3. The van der Waals surface area contributed by atoms with Crippen molar-refractivity contribution in [1.82, 2.24) is 0 Å². The minimum atomic E-state index is -0.509. The summed E-state index contributed by atoms with van der Waals surface area (Å²) in [6.07, 6.45) is 0. The van der Waals surface area contributed by atoms with Crippen molar-refractivity contribution in [3.8, 4) is 0 Å². The monoisotopic (exact) mass is 374 g/mol. The number of hydrogen-bond donors (Lipinski definition) is 0. The van der Waals surface area contributed by atoms with Crippen molar-refractivity contribution in [1.29, 1.82) is 0 Å². The number of hydrogen-bond acceptors (Lipinski definition) is 3. The molecular formula is C19H19BrO3. The van der Waals surface area contributed by atoms with Gasteiger partial charge in [-0.15, -0.1) is 0 Å². The average Bonchev–Trinajstić information content (AvgIpc) is 2.51. The molecule has 0 saturated heterocycles. The van der Waals surface area contributed by atoms with Crippen LogP contribution >= 0.6 is 15.9 Å². The van der Waals surface area contributed by atoms with Crippen LogP contribution < -0.4 is 0 Å². The molecule has 0 amide bonds. The van der Waals surface area contributed by atoms with Gasteiger partial charge in [0.2, 0.25) is 5.78 Å². The third kappa shape index (κ3) is 3.70. The number of Topliss-reactive ketones (excluding diaryl/α,β-unsaturated/α-hetero) is 1. The first-order valence-electron chi connectivity index (χ1n) is 7.35. The van der Waals surface area contributed by atoms with Gasteiger partial charge in [0.15, 0.2) is 6.61 Å². The summed E-state index contributed by atoms with van der Waals surface area (Å²) in [5.41, 5.74) is 5.07. The molecule has 0 aromatic heterocycles. The maximum absolute atomic E-state index is 12.5. The number of aryl methyl sites for hydroxylation is 2. The molecule has 0 radical (unpaired) electrons. The van der Waals surface area contributed by atoms with Gasteiger partial charge in [-0.3, -0.25) is 4.79 Å². The van der Waals surface area contributed by atoms with Gasteiger partial charge in [-0.2, -0.15) is 0 Å². The second-order valence-corrected chi connectivity index (χ2v) is 6.47. The molecule has 0 atom stereocenters. The summed E-state index contributed by atoms with van der Waals surface area (Å²) in [6.45, 7) is 7.54. The molecule has 2 rings (SSSR count). The van der Waals surface area contributed by atoms with E-state index in [9.17, 15) is 9.59 Å². The van der Waals surface area contributed by atoms with Gasteiger partial charge in [0.05, 0.1) is 5.56 Å². The number of carbonyl (C=O) groups excluding carboxylic acids is 2. The van der Waals surface area contributed by atoms with Crippen LogP contribution in [-0.4, -0.2) is 18.4 Å². The Bertz CT molecular complexity index is 752. The molecule has 4 heteroatoms. The summed E-state index contributed by atoms with van der Waals surface area (Å²) in [5.74, 6) is -0.683. The van der Waals surface area contributed by atoms with Gasteiger partial charge in [0, 0.05) is 10.0 Å². The van der Waals surface area contributed by atoms with Crippen LogP contribution in [0.2, 0.25) is 0 Å². The smallest absolute Gasteiger partial charge is 0.339 e. The molecule has 0 spiro atoms. The SMILES string of the molecule is Cc1cc(C)c(C)c(C(=O)COC(=O)c2ccccc2Br)c1C. The van der Waals surface area contributed by atoms with Crippen LogP contribution in [0.5, 0.6) is 0 Å². The quantitative estimate of drug-likeness (QED) is 0.574. The largest absolute Gasteiger partial charge is 0.454 e. The molecule has 0 saturated carbocycles. The van der Waals surface area contributed by atoms with Gasteiger partial charge >= 0.3 is 5.97 Å². The molecule has 0 N–H and O–H groups in total. The first-order valence-corrected chi connectivity index (χ1v) is 8.14. The van der Waals surface area contributed by atoms with E-state index in [0.29, 0.717) is 15.6 Å². The molecule has 0 aliphatic heterocycles. The van der Waals surface area contributed by atoms with Gasteiger partial charge < -0.3 is 4.74 Å². The van der Waals surface area contributed by atoms with Gasteiger partial charge in [-0.1, -0.05) is 18.2 Å². The lowest BCUT2D eigenvalue weighted by Crippen LogP contribution is -2.17. The first-order chi connectivity index (χ1) is 10.8. The van der Waals surface area contributed by atoms with Crippen molar-refractivity contribution in [2.24, 2.45) is 0 Å². The van der Waals surface area contributed by atoms with Crippen molar-refractivity contribution in [2.75, 3.05) is 6.61 Å². The minimum Gasteiger partial charge on any atom is -0.454 e. The fourth-order valence-corrected chi connectivity index (χ4v) is 2.99. The van der Waals surface area contributed by atoms with Crippen molar-refractivity contribution in [3.05, 3.63) is 68.2 Å². The van der Waals surface area contributed by atoms with Gasteiger partial charge in [0.1, 0.15) is 0 Å². The molecule has 0 aliphatic rings. The Hall–Kier alpha value is -1.94. The van der Waals surface area contributed by atoms with E-state index in [-0.39, 0.29) is 12.4 Å². The molecule has 3 nitrogen and oxygen atoms in total. The van der Waals surface area contributed by atoms with E-state index in [1.807, 2.05) is 33.8 Å². The lowest BCUT2D eigenvalue weighted by Gasteiger charge is -2.14. The van der Waals surface area contributed by atoms with Crippen molar-refractivity contribution >= 4 is 27.7 Å². The second kappa shape index (κ2) is 7.09. The van der Waals surface area contributed by atoms with E-state index in [0.717, 1.165) is 22.3 Å². The summed E-state index contributed by atoms with van der Waals surface area (Å²) in [7, 11) is 0. The molecule has 2 aromatic carbocycles. The van der Waals surface area contributed by atoms with Crippen molar-refractivity contribution in [3.63, 3.8) is 0 Å². The van der Waals surface area contributed by atoms with E-state index >= 15 is 0 Å². The highest BCUT2D eigenvalue weighted by Gasteiger charge is 2.18. The summed E-state index contributed by atoms with van der Waals surface area (Å²) in [4.78, 5) is 24.6. The molecule has 120 valence electrons. The van der Waals surface area contributed by atoms with Crippen LogP contribution in [0, 0.1) is 27.7 Å². The van der Waals surface area contributed by atoms with Crippen LogP contribution in [0.25, 0.3) is 0 Å². The Morgan fingerprint density at radius 1 is 1.00 bits per heavy atom. The van der Waals surface area contributed by atoms with Gasteiger partial charge in [-0.25, -0.2) is 4.79 Å². The van der Waals surface area contributed by atoms with Crippen LogP contribution in [0.4, 0.5) is 0 Å². The normalized spacial score (nSPS) is 10.5. The molecule has 2 aromatic rings. The fourth-order valence-electron chi connectivity index (χ4n) is 2.54. The number of halogens is 1. The zero-order valence-electron chi connectivity index (χ0n) is 13.7. The van der Waals surface area contributed by atoms with E-state index in [4.69, 9.17) is 4.74 Å². The van der Waals surface area contributed by atoms with Crippen LogP contribution in [0.15, 0.2) is 34.8 Å². The average molecular weight is 375 g/mol. The second-order valence-electron chi connectivity index (χ2n) is 5.61. The highest BCUT2D eigenvalue weighted by Crippen LogP contribution is 2.22. The molecule has 0 fully saturated rings. The summed E-state index contributed by atoms with van der Waals surface area (Å²) in [6, 6.07) is 9.05. The fraction of sp³-hybridized carbons (Fsp3) is 0.263. The topological polar surface area (TPSA) is 43.4 Å². The highest BCUT2D eigenvalue weighted by atomic mass is 79.9. The molecule has 0 heterocycles. The number of esters is 1. The molecule has 23 heavy (non-hydrogen) atoms. The van der Waals surface area contributed by atoms with Crippen molar-refractivity contribution < 1.29 is 14.3 Å². The number of ether oxygens (including phenoxy) is 1. The number of ketones is 1. The van der Waals surface area contributed by atoms with E-state index in [1.54, 1.807) is 18.2 Å². The van der Waals surface area contributed by atoms with Gasteiger partial charge in [0.25, 0.3) is 0 Å². The van der Waals surface area contributed by atoms with E-state index in [2.05, 4.69) is 22.0 Å². The van der Waals surface area contributed by atoms with Crippen LogP contribution in [0.3, 0.4) is 0 Å². The van der Waals surface area contributed by atoms with E-state index < -0.39 is 5.97 Å². The summed E-state index contributed by atoms with van der Waals surface area (Å²) < 4.78 is 5.85. The lowest BCUT2D eigenvalue weighted by molar-refractivity contribution is 0.0473. The van der Waals surface area contributed by atoms with Crippen LogP contribution in [0.1, 0.15) is 43.0 Å². The molecule has 0 unspecified atom stereocenters. The zero-order chi connectivity index (χ0) is 17.1. The minimum absolute atomic E-state index is 0.174. The predicted molar refractivity (Wildman–Crippen MR) is 94.1 cm³/mol. The number of carbonyl (C=O) groups is 2. The highest BCUT2D eigenvalue weighted by molar-refractivity contribution is 9.10. The molecule has 0 aliphatic carbocycles. The Morgan fingerprint density at radius 2 is 1.57 bits per heavy atom. The van der Waals surface area contributed by atoms with Crippen molar-refractivity contribution in [2.45, 2.75) is 27.7 Å². The third-order valence-corrected chi connectivity index (χ3v) is 4.76. The predicted octanol–water partition coefficient (Wildman–Crippen LogP) is 4.72. The molecule has 0 bridgehead atoms.